The number of thiazole rings is 1. The van der Waals surface area contributed by atoms with Gasteiger partial charge in [0.15, 0.2) is 5.13 Å². The molecule has 0 fully saturated rings. The maximum absolute atomic E-state index is 12.7. The van der Waals surface area contributed by atoms with Crippen molar-refractivity contribution in [3.63, 3.8) is 0 Å². The van der Waals surface area contributed by atoms with Gasteiger partial charge in [0.05, 0.1) is 24.4 Å². The Bertz CT molecular complexity index is 1600. The summed E-state index contributed by atoms with van der Waals surface area (Å²) in [4.78, 5) is 37.9. The molecule has 3 aromatic heterocycles. The number of carbonyl (C=O) groups excluding carboxylic acids is 2. The monoisotopic (exact) mass is 656 g/mol. The maximum Gasteiger partial charge on any atom is 0.410 e. The summed E-state index contributed by atoms with van der Waals surface area (Å²) in [6.45, 7) is 10.4. The number of hydrogen-bond acceptors (Lipinski definition) is 10. The zero-order chi connectivity index (χ0) is 32.0. The largest absolute Gasteiger partial charge is 0.490 e. The number of thiophene rings is 1. The number of rotatable bonds is 11. The highest BCUT2D eigenvalue weighted by molar-refractivity contribution is 7.16. The van der Waals surface area contributed by atoms with Gasteiger partial charge in [0, 0.05) is 34.1 Å². The molecule has 3 heterocycles. The Balaban J connectivity index is 1.54. The van der Waals surface area contributed by atoms with Crippen molar-refractivity contribution in [1.82, 2.24) is 14.9 Å². The highest BCUT2D eigenvalue weighted by Crippen LogP contribution is 2.38. The van der Waals surface area contributed by atoms with Crippen LogP contribution in [0.2, 0.25) is 5.02 Å². The number of benzene rings is 1. The first-order valence-corrected chi connectivity index (χ1v) is 16.2. The van der Waals surface area contributed by atoms with Crippen LogP contribution in [0.1, 0.15) is 49.9 Å². The lowest BCUT2D eigenvalue weighted by molar-refractivity contribution is 0.0278. The highest BCUT2D eigenvalue weighted by Gasteiger charge is 2.21. The second-order valence-corrected chi connectivity index (χ2v) is 13.9. The molecule has 0 saturated heterocycles. The Morgan fingerprint density at radius 3 is 2.55 bits per heavy atom. The normalized spacial score (nSPS) is 11.4. The van der Waals surface area contributed by atoms with Gasteiger partial charge >= 0.3 is 12.1 Å². The Hall–Kier alpha value is -3.67. The number of halogens is 1. The van der Waals surface area contributed by atoms with Gasteiger partial charge in [-0.05, 0) is 68.8 Å². The average molecular weight is 657 g/mol. The molecule has 0 saturated carbocycles. The van der Waals surface area contributed by atoms with Crippen LogP contribution >= 0.6 is 34.3 Å². The molecule has 0 radical (unpaired) electrons. The first-order valence-electron chi connectivity index (χ1n) is 14.1. The number of carbonyl (C=O) groups is 2. The van der Waals surface area contributed by atoms with Gasteiger partial charge in [-0.15, -0.1) is 22.7 Å². The van der Waals surface area contributed by atoms with Crippen molar-refractivity contribution in [3.05, 3.63) is 63.4 Å². The van der Waals surface area contributed by atoms with Gasteiger partial charge in [0.25, 0.3) is 0 Å². The number of pyridine rings is 1. The molecule has 12 heteroatoms. The number of nitrogens with one attached hydrogen (secondary N) is 1. The fourth-order valence-corrected chi connectivity index (χ4v) is 6.28. The number of likely N-dealkylation sites (N-methyl/N-ethyl adjacent to an activating group) is 1. The van der Waals surface area contributed by atoms with Gasteiger partial charge in [-0.25, -0.2) is 19.6 Å². The van der Waals surface area contributed by atoms with Crippen molar-refractivity contribution in [2.24, 2.45) is 5.92 Å². The summed E-state index contributed by atoms with van der Waals surface area (Å²) in [5, 5.41) is 6.25. The molecule has 0 aliphatic rings. The number of hydrogen-bond donors (Lipinski definition) is 1. The minimum atomic E-state index is -0.570. The summed E-state index contributed by atoms with van der Waals surface area (Å²) < 4.78 is 16.3. The Labute approximate surface area is 271 Å². The van der Waals surface area contributed by atoms with Gasteiger partial charge in [-0.3, -0.25) is 0 Å². The Kier molecular flexibility index (Phi) is 10.9. The number of nitrogens with zero attached hydrogens (tertiary/aromatic N) is 3. The molecule has 0 spiro atoms. The number of aromatic nitrogens is 2. The van der Waals surface area contributed by atoms with Gasteiger partial charge in [0.1, 0.15) is 29.3 Å². The van der Waals surface area contributed by atoms with E-state index in [9.17, 15) is 9.59 Å². The predicted molar refractivity (Wildman–Crippen MR) is 178 cm³/mol. The first kappa shape index (κ1) is 33.2. The van der Waals surface area contributed by atoms with E-state index in [1.165, 1.54) is 23.3 Å². The summed E-state index contributed by atoms with van der Waals surface area (Å²) in [5.41, 5.74) is 2.21. The minimum Gasteiger partial charge on any atom is -0.490 e. The Morgan fingerprint density at radius 1 is 1.14 bits per heavy atom. The minimum absolute atomic E-state index is 0.249. The molecule has 4 rings (SSSR count). The standard InChI is InChI=1S/C32H37ClN4O5S2/c1-19(2)15-26-27(20-10-11-24(23(33)17-20)41-13-12-37(6)31(39)42-32(3,4)5)35-30(44-26)36-28-22(29(38)40-7)16-21(18-34-28)25-9-8-14-43-25/h8-11,14,16-19H,12-13,15H2,1-7H3,(H,34,35,36). The molecule has 1 amide bonds. The second-order valence-electron chi connectivity index (χ2n) is 11.5. The van der Waals surface area contributed by atoms with Gasteiger partial charge in [-0.2, -0.15) is 0 Å². The molecule has 1 N–H and O–H groups in total. The number of ether oxygens (including phenoxy) is 3. The van der Waals surface area contributed by atoms with E-state index < -0.39 is 17.7 Å². The third-order valence-electron chi connectivity index (χ3n) is 6.21. The quantitative estimate of drug-likeness (QED) is 0.160. The fourth-order valence-electron chi connectivity index (χ4n) is 4.14. The van der Waals surface area contributed by atoms with Crippen molar-refractivity contribution in [2.75, 3.05) is 32.6 Å². The van der Waals surface area contributed by atoms with Crippen molar-refractivity contribution in [1.29, 1.82) is 0 Å². The number of methoxy groups -OCH3 is 1. The van der Waals surface area contributed by atoms with Crippen LogP contribution in [-0.4, -0.2) is 59.8 Å². The van der Waals surface area contributed by atoms with Crippen LogP contribution in [0.3, 0.4) is 0 Å². The molecule has 0 atom stereocenters. The fraction of sp³-hybridized carbons (Fsp3) is 0.375. The summed E-state index contributed by atoms with van der Waals surface area (Å²) >= 11 is 9.71. The molecule has 9 nitrogen and oxygen atoms in total. The summed E-state index contributed by atoms with van der Waals surface area (Å²) in [7, 11) is 3.01. The molecule has 4 aromatic rings. The van der Waals surface area contributed by atoms with E-state index in [1.54, 1.807) is 36.7 Å². The van der Waals surface area contributed by atoms with Gasteiger partial charge in [-0.1, -0.05) is 31.5 Å². The van der Waals surface area contributed by atoms with E-state index in [1.807, 2.05) is 50.4 Å². The predicted octanol–water partition coefficient (Wildman–Crippen LogP) is 8.56. The first-order chi connectivity index (χ1) is 20.8. The lowest BCUT2D eigenvalue weighted by Gasteiger charge is -2.24. The van der Waals surface area contributed by atoms with E-state index in [0.717, 1.165) is 33.0 Å². The van der Waals surface area contributed by atoms with Crippen LogP contribution < -0.4 is 10.1 Å². The summed E-state index contributed by atoms with van der Waals surface area (Å²) in [6.07, 6.45) is 2.12. The van der Waals surface area contributed by atoms with E-state index in [-0.39, 0.29) is 6.61 Å². The summed E-state index contributed by atoms with van der Waals surface area (Å²) in [5.74, 6) is 0.768. The van der Waals surface area contributed by atoms with Crippen LogP contribution in [0, 0.1) is 5.92 Å². The molecule has 0 aliphatic heterocycles. The number of esters is 1. The average Bonchev–Trinajstić information content (AvgIpc) is 3.63. The van der Waals surface area contributed by atoms with E-state index in [2.05, 4.69) is 24.1 Å². The summed E-state index contributed by atoms with van der Waals surface area (Å²) in [6, 6.07) is 11.2. The number of anilines is 2. The van der Waals surface area contributed by atoms with Crippen molar-refractivity contribution < 1.29 is 23.8 Å². The molecular formula is C32H37ClN4O5S2. The highest BCUT2D eigenvalue weighted by atomic mass is 35.5. The SMILES string of the molecule is COC(=O)c1cc(-c2cccs2)cnc1Nc1nc(-c2ccc(OCCN(C)C(=O)OC(C)(C)C)c(Cl)c2)c(CC(C)C)s1. The topological polar surface area (TPSA) is 103 Å². The lowest BCUT2D eigenvalue weighted by atomic mass is 10.0. The molecule has 0 aliphatic carbocycles. The van der Waals surface area contributed by atoms with Gasteiger partial charge < -0.3 is 24.4 Å². The molecule has 0 unspecified atom stereocenters. The van der Waals surface area contributed by atoms with E-state index >= 15 is 0 Å². The third kappa shape index (κ3) is 8.71. The van der Waals surface area contributed by atoms with E-state index in [4.69, 9.17) is 30.8 Å². The third-order valence-corrected chi connectivity index (χ3v) is 8.42. The maximum atomic E-state index is 12.7. The Morgan fingerprint density at radius 2 is 1.91 bits per heavy atom. The van der Waals surface area contributed by atoms with Crippen LogP contribution in [-0.2, 0) is 15.9 Å². The van der Waals surface area contributed by atoms with Crippen molar-refractivity contribution in [2.45, 2.75) is 46.6 Å². The lowest BCUT2D eigenvalue weighted by Crippen LogP contribution is -2.36. The van der Waals surface area contributed by atoms with Crippen LogP contribution in [0.4, 0.5) is 15.7 Å². The molecule has 1 aromatic carbocycles. The second kappa shape index (κ2) is 14.4. The zero-order valence-electron chi connectivity index (χ0n) is 25.9. The van der Waals surface area contributed by atoms with Crippen LogP contribution in [0.25, 0.3) is 21.7 Å². The molecule has 44 heavy (non-hydrogen) atoms. The smallest absolute Gasteiger partial charge is 0.410 e. The van der Waals surface area contributed by atoms with Gasteiger partial charge in [0.2, 0.25) is 0 Å². The van der Waals surface area contributed by atoms with E-state index in [0.29, 0.717) is 39.7 Å². The molecule has 234 valence electrons. The molecular weight excluding hydrogens is 620 g/mol. The van der Waals surface area contributed by atoms with Crippen LogP contribution in [0.15, 0.2) is 48.0 Å². The molecule has 0 bridgehead atoms. The van der Waals surface area contributed by atoms with Crippen molar-refractivity contribution >= 4 is 57.3 Å². The zero-order valence-corrected chi connectivity index (χ0v) is 28.3. The van der Waals surface area contributed by atoms with Crippen molar-refractivity contribution in [3.8, 4) is 27.4 Å². The number of amides is 1. The van der Waals surface area contributed by atoms with Crippen LogP contribution in [0.5, 0.6) is 5.75 Å².